The molecule has 0 radical (unpaired) electrons. The number of nitrogens with one attached hydrogen (secondary N) is 1. The van der Waals surface area contributed by atoms with Crippen LogP contribution in [-0.2, 0) is 10.2 Å². The Hall–Kier alpha value is -1.53. The van der Waals surface area contributed by atoms with Gasteiger partial charge in [0.2, 0.25) is 0 Å². The molecule has 20 heavy (non-hydrogen) atoms. The molecule has 1 fully saturated rings. The molecular formula is C17H24N2O. The Morgan fingerprint density at radius 3 is 2.50 bits per heavy atom. The molecule has 1 aromatic carbocycles. The van der Waals surface area contributed by atoms with Crippen LogP contribution >= 0.6 is 0 Å². The van der Waals surface area contributed by atoms with E-state index in [-0.39, 0.29) is 5.60 Å². The summed E-state index contributed by atoms with van der Waals surface area (Å²) >= 11 is 0. The van der Waals surface area contributed by atoms with Gasteiger partial charge in [0.05, 0.1) is 17.1 Å². The number of nitriles is 1. The van der Waals surface area contributed by atoms with E-state index in [1.807, 2.05) is 26.0 Å². The smallest absolute Gasteiger partial charge is 0.0766 e. The van der Waals surface area contributed by atoms with Crippen LogP contribution in [0.1, 0.15) is 46.1 Å². The topological polar surface area (TPSA) is 45.0 Å². The summed E-state index contributed by atoms with van der Waals surface area (Å²) in [5.74, 6) is 0. The van der Waals surface area contributed by atoms with Crippen molar-refractivity contribution in [2.45, 2.75) is 57.6 Å². The van der Waals surface area contributed by atoms with Gasteiger partial charge in [-0.05, 0) is 58.2 Å². The predicted octanol–water partition coefficient (Wildman–Crippen LogP) is 3.86. The van der Waals surface area contributed by atoms with Gasteiger partial charge in [-0.1, -0.05) is 12.1 Å². The molecule has 0 bridgehead atoms. The molecule has 0 amide bonds. The van der Waals surface area contributed by atoms with Crippen LogP contribution in [0.25, 0.3) is 0 Å². The fourth-order valence-corrected chi connectivity index (χ4v) is 2.64. The minimum absolute atomic E-state index is 0.0430. The first-order chi connectivity index (χ1) is 9.32. The third kappa shape index (κ3) is 3.52. The lowest BCUT2D eigenvalue weighted by Crippen LogP contribution is -2.40. The highest BCUT2D eigenvalue weighted by atomic mass is 16.5. The van der Waals surface area contributed by atoms with E-state index in [0.717, 1.165) is 30.7 Å². The third-order valence-electron chi connectivity index (χ3n) is 3.95. The van der Waals surface area contributed by atoms with Crippen molar-refractivity contribution in [1.82, 2.24) is 0 Å². The summed E-state index contributed by atoms with van der Waals surface area (Å²) in [5, 5.41) is 12.7. The minimum Gasteiger partial charge on any atom is -0.382 e. The maximum absolute atomic E-state index is 9.16. The van der Waals surface area contributed by atoms with Crippen LogP contribution in [0.3, 0.4) is 0 Å². The van der Waals surface area contributed by atoms with Crippen molar-refractivity contribution in [2.24, 2.45) is 0 Å². The van der Waals surface area contributed by atoms with Gasteiger partial charge >= 0.3 is 0 Å². The zero-order valence-electron chi connectivity index (χ0n) is 12.9. The van der Waals surface area contributed by atoms with Gasteiger partial charge in [0, 0.05) is 18.3 Å². The van der Waals surface area contributed by atoms with Crippen molar-refractivity contribution in [2.75, 3.05) is 11.9 Å². The Bertz CT molecular complexity index is 497. The van der Waals surface area contributed by atoms with E-state index in [9.17, 15) is 0 Å². The maximum atomic E-state index is 9.16. The molecule has 0 aromatic heterocycles. The Morgan fingerprint density at radius 2 is 1.95 bits per heavy atom. The van der Waals surface area contributed by atoms with Crippen LogP contribution < -0.4 is 5.32 Å². The van der Waals surface area contributed by atoms with Crippen LogP contribution in [0.2, 0.25) is 0 Å². The zero-order chi connectivity index (χ0) is 14.8. The molecule has 1 heterocycles. The van der Waals surface area contributed by atoms with Gasteiger partial charge < -0.3 is 10.1 Å². The molecule has 0 aliphatic carbocycles. The molecule has 1 aromatic rings. The van der Waals surface area contributed by atoms with E-state index in [4.69, 9.17) is 10.00 Å². The highest BCUT2D eigenvalue weighted by Gasteiger charge is 2.28. The highest BCUT2D eigenvalue weighted by Crippen LogP contribution is 2.28. The van der Waals surface area contributed by atoms with Crippen molar-refractivity contribution in [1.29, 1.82) is 5.26 Å². The molecule has 0 spiro atoms. The van der Waals surface area contributed by atoms with E-state index in [0.29, 0.717) is 6.04 Å². The van der Waals surface area contributed by atoms with E-state index in [1.54, 1.807) is 0 Å². The summed E-state index contributed by atoms with van der Waals surface area (Å²) in [6.07, 6.45) is 2.05. The maximum Gasteiger partial charge on any atom is 0.0766 e. The lowest BCUT2D eigenvalue weighted by Gasteiger charge is -2.36. The van der Waals surface area contributed by atoms with Crippen molar-refractivity contribution >= 4 is 5.69 Å². The first-order valence-electron chi connectivity index (χ1n) is 7.25. The lowest BCUT2D eigenvalue weighted by molar-refractivity contribution is -0.0553. The van der Waals surface area contributed by atoms with Gasteiger partial charge in [-0.15, -0.1) is 0 Å². The number of ether oxygens (including phenoxy) is 1. The highest BCUT2D eigenvalue weighted by molar-refractivity contribution is 5.47. The summed E-state index contributed by atoms with van der Waals surface area (Å²) in [5.41, 5.74) is 1.70. The van der Waals surface area contributed by atoms with Crippen molar-refractivity contribution in [3.05, 3.63) is 29.8 Å². The molecule has 108 valence electrons. The summed E-state index contributed by atoms with van der Waals surface area (Å²) in [4.78, 5) is 0. The van der Waals surface area contributed by atoms with Gasteiger partial charge in [-0.2, -0.15) is 5.26 Å². The molecular weight excluding hydrogens is 248 g/mol. The van der Waals surface area contributed by atoms with Crippen molar-refractivity contribution in [3.63, 3.8) is 0 Å². The van der Waals surface area contributed by atoms with E-state index in [2.05, 4.69) is 37.4 Å². The standard InChI is InChI=1S/C17H24N2O/c1-16(2,12-18)13-5-7-14(8-6-13)19-15-9-10-20-17(3,4)11-15/h5-8,15,19H,9-11H2,1-4H3. The number of benzene rings is 1. The van der Waals surface area contributed by atoms with Gasteiger partial charge in [0.25, 0.3) is 0 Å². The molecule has 1 unspecified atom stereocenters. The molecule has 3 heteroatoms. The second-order valence-corrected chi connectivity index (χ2v) is 6.76. The lowest BCUT2D eigenvalue weighted by atomic mass is 9.86. The largest absolute Gasteiger partial charge is 0.382 e. The van der Waals surface area contributed by atoms with Gasteiger partial charge in [-0.3, -0.25) is 0 Å². The second kappa shape index (κ2) is 5.46. The second-order valence-electron chi connectivity index (χ2n) is 6.76. The fourth-order valence-electron chi connectivity index (χ4n) is 2.64. The van der Waals surface area contributed by atoms with Crippen molar-refractivity contribution in [3.8, 4) is 6.07 Å². The Kier molecular flexibility index (Phi) is 4.06. The molecule has 1 aliphatic heterocycles. The third-order valence-corrected chi connectivity index (χ3v) is 3.95. The average molecular weight is 272 g/mol. The molecule has 2 rings (SSSR count). The summed E-state index contributed by atoms with van der Waals surface area (Å²) in [6.45, 7) is 8.97. The number of nitrogens with zero attached hydrogens (tertiary/aromatic N) is 1. The predicted molar refractivity (Wildman–Crippen MR) is 81.8 cm³/mol. The first-order valence-corrected chi connectivity index (χ1v) is 7.25. The molecule has 1 N–H and O–H groups in total. The van der Waals surface area contributed by atoms with Gasteiger partial charge in [-0.25, -0.2) is 0 Å². The minimum atomic E-state index is -0.431. The van der Waals surface area contributed by atoms with Crippen LogP contribution in [0.4, 0.5) is 5.69 Å². The number of hydrogen-bond donors (Lipinski definition) is 1. The molecule has 1 saturated heterocycles. The van der Waals surface area contributed by atoms with Gasteiger partial charge in [0.1, 0.15) is 0 Å². The zero-order valence-corrected chi connectivity index (χ0v) is 12.9. The fraction of sp³-hybridized carbons (Fsp3) is 0.588. The Labute approximate surface area is 121 Å². The quantitative estimate of drug-likeness (QED) is 0.908. The normalized spacial score (nSPS) is 22.1. The average Bonchev–Trinajstić information content (AvgIpc) is 2.38. The van der Waals surface area contributed by atoms with Crippen LogP contribution in [0.15, 0.2) is 24.3 Å². The Balaban J connectivity index is 2.03. The van der Waals surface area contributed by atoms with Gasteiger partial charge in [0.15, 0.2) is 0 Å². The summed E-state index contributed by atoms with van der Waals surface area (Å²) in [7, 11) is 0. The molecule has 1 aliphatic rings. The SMILES string of the molecule is CC1(C)CC(Nc2ccc(C(C)(C)C#N)cc2)CCO1. The molecule has 1 atom stereocenters. The first kappa shape index (κ1) is 14.9. The Morgan fingerprint density at radius 1 is 1.30 bits per heavy atom. The molecule has 0 saturated carbocycles. The van der Waals surface area contributed by atoms with E-state index in [1.165, 1.54) is 0 Å². The number of rotatable bonds is 3. The summed E-state index contributed by atoms with van der Waals surface area (Å²) < 4.78 is 5.74. The van der Waals surface area contributed by atoms with E-state index < -0.39 is 5.41 Å². The van der Waals surface area contributed by atoms with Crippen LogP contribution in [-0.4, -0.2) is 18.2 Å². The monoisotopic (exact) mass is 272 g/mol. The van der Waals surface area contributed by atoms with Crippen molar-refractivity contribution < 1.29 is 4.74 Å². The van der Waals surface area contributed by atoms with E-state index >= 15 is 0 Å². The number of hydrogen-bond acceptors (Lipinski definition) is 3. The van der Waals surface area contributed by atoms with Crippen LogP contribution in [0, 0.1) is 11.3 Å². The summed E-state index contributed by atoms with van der Waals surface area (Å²) in [6, 6.07) is 11.0. The van der Waals surface area contributed by atoms with Crippen LogP contribution in [0.5, 0.6) is 0 Å². The molecule has 3 nitrogen and oxygen atoms in total. The number of anilines is 1.